The predicted octanol–water partition coefficient (Wildman–Crippen LogP) is 2.89. The lowest BCUT2D eigenvalue weighted by Crippen LogP contribution is -2.05. The molecule has 22 heavy (non-hydrogen) atoms. The van der Waals surface area contributed by atoms with Crippen LogP contribution < -0.4 is 4.74 Å². The average Bonchev–Trinajstić information content (AvgIpc) is 2.50. The fourth-order valence-electron chi connectivity index (χ4n) is 2.41. The molecule has 0 saturated carbocycles. The fraction of sp³-hybridized carbons (Fsp3) is 0.235. The van der Waals surface area contributed by atoms with Gasteiger partial charge in [-0.05, 0) is 66.9 Å². The minimum atomic E-state index is -3.58. The maximum absolute atomic E-state index is 12.7. The van der Waals surface area contributed by atoms with Crippen molar-refractivity contribution in [3.8, 4) is 5.75 Å². The predicted molar refractivity (Wildman–Crippen MR) is 84.1 cm³/mol. The van der Waals surface area contributed by atoms with Gasteiger partial charge in [-0.25, -0.2) is 8.42 Å². The van der Waals surface area contributed by atoms with Gasteiger partial charge in [0.25, 0.3) is 0 Å². The molecule has 2 aromatic carbocycles. The lowest BCUT2D eigenvalue weighted by Gasteiger charge is -2.12. The second kappa shape index (κ2) is 6.32. The van der Waals surface area contributed by atoms with Gasteiger partial charge >= 0.3 is 0 Å². The molecule has 0 radical (unpaired) electrons. The van der Waals surface area contributed by atoms with Gasteiger partial charge in [-0.2, -0.15) is 0 Å². The Morgan fingerprint density at radius 1 is 1.00 bits per heavy atom. The highest BCUT2D eigenvalue weighted by atomic mass is 32.2. The van der Waals surface area contributed by atoms with Crippen molar-refractivity contribution < 1.29 is 17.9 Å². The van der Waals surface area contributed by atoms with Crippen molar-refractivity contribution in [2.75, 3.05) is 7.11 Å². The molecular formula is C17H18O4S. The molecule has 0 spiro atoms. The van der Waals surface area contributed by atoms with Crippen molar-refractivity contribution in [1.29, 1.82) is 0 Å². The van der Waals surface area contributed by atoms with E-state index in [1.165, 1.54) is 19.2 Å². The van der Waals surface area contributed by atoms with Gasteiger partial charge in [0.1, 0.15) is 12.0 Å². The molecule has 5 heteroatoms. The van der Waals surface area contributed by atoms with Gasteiger partial charge < -0.3 is 9.53 Å². The highest BCUT2D eigenvalue weighted by molar-refractivity contribution is 7.91. The quantitative estimate of drug-likeness (QED) is 0.795. The maximum atomic E-state index is 12.7. The number of rotatable bonds is 5. The highest BCUT2D eigenvalue weighted by Crippen LogP contribution is 2.26. The van der Waals surface area contributed by atoms with E-state index in [1.807, 2.05) is 13.8 Å². The Balaban J connectivity index is 2.51. The third kappa shape index (κ3) is 3.04. The fourth-order valence-corrected chi connectivity index (χ4v) is 3.84. The zero-order valence-corrected chi connectivity index (χ0v) is 13.6. The highest BCUT2D eigenvalue weighted by Gasteiger charge is 2.19. The molecule has 116 valence electrons. The molecule has 0 unspecified atom stereocenters. The maximum Gasteiger partial charge on any atom is 0.206 e. The first kappa shape index (κ1) is 16.2. The number of sulfone groups is 1. The van der Waals surface area contributed by atoms with Crippen molar-refractivity contribution in [2.24, 2.45) is 0 Å². The van der Waals surface area contributed by atoms with Gasteiger partial charge in [0.05, 0.1) is 16.9 Å². The van der Waals surface area contributed by atoms with Crippen LogP contribution in [0.25, 0.3) is 0 Å². The van der Waals surface area contributed by atoms with Crippen LogP contribution in [0.2, 0.25) is 0 Å². The summed E-state index contributed by atoms with van der Waals surface area (Å²) in [5, 5.41) is 0. The van der Waals surface area contributed by atoms with Crippen LogP contribution in [0.1, 0.15) is 16.7 Å². The molecule has 0 aliphatic carbocycles. The molecule has 0 heterocycles. The number of carbonyl (C=O) groups excluding carboxylic acids is 1. The molecule has 0 atom stereocenters. The van der Waals surface area contributed by atoms with Gasteiger partial charge in [-0.3, -0.25) is 0 Å². The van der Waals surface area contributed by atoms with E-state index in [2.05, 4.69) is 0 Å². The Bertz CT molecular complexity index is 767. The van der Waals surface area contributed by atoms with E-state index >= 15 is 0 Å². The van der Waals surface area contributed by atoms with Crippen LogP contribution in [0.5, 0.6) is 5.75 Å². The summed E-state index contributed by atoms with van der Waals surface area (Å²) in [6.45, 7) is 3.64. The van der Waals surface area contributed by atoms with Crippen molar-refractivity contribution in [3.63, 3.8) is 0 Å². The Hall–Kier alpha value is -2.14. The van der Waals surface area contributed by atoms with Gasteiger partial charge in [-0.15, -0.1) is 0 Å². The molecule has 0 N–H and O–H groups in total. The number of hydrogen-bond donors (Lipinski definition) is 0. The first-order chi connectivity index (χ1) is 10.4. The minimum absolute atomic E-state index is 0.218. The topological polar surface area (TPSA) is 60.4 Å². The summed E-state index contributed by atoms with van der Waals surface area (Å²) < 4.78 is 30.4. The van der Waals surface area contributed by atoms with Gasteiger partial charge in [-0.1, -0.05) is 0 Å². The van der Waals surface area contributed by atoms with E-state index in [1.54, 1.807) is 24.3 Å². The van der Waals surface area contributed by atoms with Gasteiger partial charge in [0.15, 0.2) is 0 Å². The first-order valence-corrected chi connectivity index (χ1v) is 8.31. The second-order valence-corrected chi connectivity index (χ2v) is 7.04. The van der Waals surface area contributed by atoms with E-state index in [0.29, 0.717) is 12.2 Å². The van der Waals surface area contributed by atoms with Crippen LogP contribution in [-0.2, 0) is 21.1 Å². The number of ether oxygens (including phenoxy) is 1. The zero-order chi connectivity index (χ0) is 16.3. The van der Waals surface area contributed by atoms with Crippen LogP contribution in [-0.4, -0.2) is 21.8 Å². The number of benzene rings is 2. The van der Waals surface area contributed by atoms with E-state index in [-0.39, 0.29) is 9.79 Å². The van der Waals surface area contributed by atoms with E-state index in [0.717, 1.165) is 23.0 Å². The minimum Gasteiger partial charge on any atom is -0.497 e. The van der Waals surface area contributed by atoms with E-state index in [4.69, 9.17) is 4.74 Å². The van der Waals surface area contributed by atoms with Gasteiger partial charge in [0, 0.05) is 6.42 Å². The number of carbonyl (C=O) groups is 1. The normalized spacial score (nSPS) is 11.2. The van der Waals surface area contributed by atoms with Crippen molar-refractivity contribution in [3.05, 3.63) is 53.1 Å². The van der Waals surface area contributed by atoms with Crippen LogP contribution in [0.15, 0.2) is 46.2 Å². The zero-order valence-electron chi connectivity index (χ0n) is 12.8. The lowest BCUT2D eigenvalue weighted by atomic mass is 10.0. The lowest BCUT2D eigenvalue weighted by molar-refractivity contribution is -0.107. The molecule has 0 fully saturated rings. The summed E-state index contributed by atoms with van der Waals surface area (Å²) in [5.41, 5.74) is 2.49. The average molecular weight is 318 g/mol. The molecule has 2 rings (SSSR count). The van der Waals surface area contributed by atoms with E-state index in [9.17, 15) is 13.2 Å². The van der Waals surface area contributed by atoms with Gasteiger partial charge in [0.2, 0.25) is 9.84 Å². The van der Waals surface area contributed by atoms with Crippen LogP contribution in [0.3, 0.4) is 0 Å². The van der Waals surface area contributed by atoms with Crippen molar-refractivity contribution in [2.45, 2.75) is 30.1 Å². The monoisotopic (exact) mass is 318 g/mol. The molecule has 0 bridgehead atoms. The first-order valence-electron chi connectivity index (χ1n) is 6.83. The number of aryl methyl sites for hydroxylation is 2. The molecule has 0 amide bonds. The molecular weight excluding hydrogens is 300 g/mol. The summed E-state index contributed by atoms with van der Waals surface area (Å²) in [6.07, 6.45) is 1.12. The van der Waals surface area contributed by atoms with Crippen LogP contribution in [0.4, 0.5) is 0 Å². The summed E-state index contributed by atoms with van der Waals surface area (Å²) in [6, 6.07) is 9.52. The Morgan fingerprint density at radius 3 is 2.00 bits per heavy atom. The molecule has 0 saturated heterocycles. The summed E-state index contributed by atoms with van der Waals surface area (Å²) in [7, 11) is -2.05. The molecule has 0 aliphatic heterocycles. The largest absolute Gasteiger partial charge is 0.497 e. The SMILES string of the molecule is COc1ccc(S(=O)(=O)c2cc(C)c(CC=O)c(C)c2)cc1. The van der Waals surface area contributed by atoms with Crippen molar-refractivity contribution >= 4 is 16.1 Å². The van der Waals surface area contributed by atoms with Crippen LogP contribution >= 0.6 is 0 Å². The summed E-state index contributed by atoms with van der Waals surface area (Å²) in [5.74, 6) is 0.604. The Labute approximate surface area is 130 Å². The van der Waals surface area contributed by atoms with Crippen molar-refractivity contribution in [1.82, 2.24) is 0 Å². The molecule has 0 aromatic heterocycles. The smallest absolute Gasteiger partial charge is 0.206 e. The Morgan fingerprint density at radius 2 is 1.55 bits per heavy atom. The standard InChI is InChI=1S/C17H18O4S/c1-12-10-16(11-13(2)17(12)8-9-18)22(19,20)15-6-4-14(21-3)5-7-15/h4-7,9-11H,8H2,1-3H3. The summed E-state index contributed by atoms with van der Waals surface area (Å²) >= 11 is 0. The van der Waals surface area contributed by atoms with E-state index < -0.39 is 9.84 Å². The van der Waals surface area contributed by atoms with Crippen LogP contribution in [0, 0.1) is 13.8 Å². The number of hydrogen-bond acceptors (Lipinski definition) is 4. The number of aldehydes is 1. The molecule has 0 aliphatic rings. The second-order valence-electron chi connectivity index (χ2n) is 5.09. The molecule has 2 aromatic rings. The summed E-state index contributed by atoms with van der Waals surface area (Å²) in [4.78, 5) is 11.2. The molecule has 4 nitrogen and oxygen atoms in total. The number of methoxy groups -OCH3 is 1. The third-order valence-electron chi connectivity index (χ3n) is 3.64. The third-order valence-corrected chi connectivity index (χ3v) is 5.39. The Kier molecular flexibility index (Phi) is 4.66.